The van der Waals surface area contributed by atoms with Gasteiger partial charge >= 0.3 is 0 Å². The van der Waals surface area contributed by atoms with Crippen LogP contribution in [0.5, 0.6) is 0 Å². The molecule has 0 saturated heterocycles. The molecular formula is C14H22OSi. The first kappa shape index (κ1) is 13.2. The zero-order chi connectivity index (χ0) is 12.0. The van der Waals surface area contributed by atoms with Crippen molar-refractivity contribution in [3.63, 3.8) is 0 Å². The van der Waals surface area contributed by atoms with Crippen molar-refractivity contribution in [3.05, 3.63) is 42.0 Å². The molecule has 0 atom stereocenters. The van der Waals surface area contributed by atoms with E-state index in [0.29, 0.717) is 0 Å². The zero-order valence-corrected chi connectivity index (χ0v) is 11.5. The topological polar surface area (TPSA) is 20.2 Å². The number of hydrogen-bond donors (Lipinski definition) is 1. The monoisotopic (exact) mass is 234 g/mol. The minimum Gasteiger partial charge on any atom is -0.392 e. The predicted octanol–water partition coefficient (Wildman–Crippen LogP) is 3.79. The van der Waals surface area contributed by atoms with Gasteiger partial charge in [-0.05, 0) is 17.6 Å². The third kappa shape index (κ3) is 4.77. The minimum atomic E-state index is -1.00. The Morgan fingerprint density at radius 1 is 1.19 bits per heavy atom. The van der Waals surface area contributed by atoms with Gasteiger partial charge in [0.2, 0.25) is 0 Å². The molecule has 0 unspecified atom stereocenters. The third-order valence-electron chi connectivity index (χ3n) is 2.63. The molecule has 0 bridgehead atoms. The second kappa shape index (κ2) is 6.02. The van der Waals surface area contributed by atoms with Crippen molar-refractivity contribution >= 4 is 13.6 Å². The minimum absolute atomic E-state index is 0.135. The molecule has 1 N–H and O–H groups in total. The molecule has 1 aromatic rings. The van der Waals surface area contributed by atoms with Gasteiger partial charge in [0, 0.05) is 8.07 Å². The van der Waals surface area contributed by atoms with Gasteiger partial charge in [-0.15, -0.1) is 0 Å². The fourth-order valence-electron chi connectivity index (χ4n) is 1.64. The van der Waals surface area contributed by atoms with Gasteiger partial charge in [-0.25, -0.2) is 0 Å². The molecule has 88 valence electrons. The van der Waals surface area contributed by atoms with Crippen molar-refractivity contribution in [2.24, 2.45) is 0 Å². The quantitative estimate of drug-likeness (QED) is 0.769. The van der Waals surface area contributed by atoms with Crippen molar-refractivity contribution in [2.75, 3.05) is 6.61 Å². The van der Waals surface area contributed by atoms with E-state index >= 15 is 0 Å². The molecule has 2 heteroatoms. The Labute approximate surface area is 99.8 Å². The van der Waals surface area contributed by atoms with Crippen molar-refractivity contribution < 1.29 is 5.11 Å². The summed E-state index contributed by atoms with van der Waals surface area (Å²) in [5.74, 6) is 0. The number of allylic oxidation sites excluding steroid dienone is 1. The van der Waals surface area contributed by atoms with Crippen LogP contribution in [0.1, 0.15) is 12.0 Å². The van der Waals surface area contributed by atoms with Gasteiger partial charge in [0.1, 0.15) is 0 Å². The normalized spacial score (nSPS) is 12.9. The van der Waals surface area contributed by atoms with E-state index in [0.717, 1.165) is 6.42 Å². The molecule has 0 radical (unpaired) electrons. The maximum atomic E-state index is 9.06. The zero-order valence-electron chi connectivity index (χ0n) is 10.5. The standard InChI is InChI=1S/C14H22OSi/c1-16(2,3)12-10-14(9-11-15)13-7-5-4-6-8-13/h4-9,15H,10-12H2,1-3H3. The largest absolute Gasteiger partial charge is 0.392 e. The van der Waals surface area contributed by atoms with Crippen LogP contribution in [0, 0.1) is 0 Å². The highest BCUT2D eigenvalue weighted by molar-refractivity contribution is 6.76. The molecule has 16 heavy (non-hydrogen) atoms. The fraction of sp³-hybridized carbons (Fsp3) is 0.429. The Bertz CT molecular complexity index is 336. The summed E-state index contributed by atoms with van der Waals surface area (Å²) in [6.45, 7) is 7.29. The first-order valence-corrected chi connectivity index (χ1v) is 9.59. The Hall–Kier alpha value is -0.863. The summed E-state index contributed by atoms with van der Waals surface area (Å²) in [6, 6.07) is 11.6. The second-order valence-corrected chi connectivity index (χ2v) is 11.0. The average Bonchev–Trinajstić information content (AvgIpc) is 2.24. The highest BCUT2D eigenvalue weighted by Gasteiger charge is 2.13. The molecule has 0 spiro atoms. The smallest absolute Gasteiger partial charge is 0.0618 e. The van der Waals surface area contributed by atoms with Crippen molar-refractivity contribution in [3.8, 4) is 0 Å². The summed E-state index contributed by atoms with van der Waals surface area (Å²) >= 11 is 0. The third-order valence-corrected chi connectivity index (χ3v) is 4.38. The van der Waals surface area contributed by atoms with E-state index in [1.165, 1.54) is 17.2 Å². The van der Waals surface area contributed by atoms with Crippen molar-refractivity contribution in [1.29, 1.82) is 0 Å². The molecule has 0 amide bonds. The number of aliphatic hydroxyl groups excluding tert-OH is 1. The van der Waals surface area contributed by atoms with Crippen LogP contribution in [0.25, 0.3) is 5.57 Å². The van der Waals surface area contributed by atoms with Gasteiger partial charge < -0.3 is 5.11 Å². The van der Waals surface area contributed by atoms with E-state index in [4.69, 9.17) is 5.11 Å². The molecule has 1 rings (SSSR count). The summed E-state index contributed by atoms with van der Waals surface area (Å²) in [4.78, 5) is 0. The van der Waals surface area contributed by atoms with Crippen LogP contribution in [-0.2, 0) is 0 Å². The number of hydrogen-bond acceptors (Lipinski definition) is 1. The Morgan fingerprint density at radius 2 is 1.81 bits per heavy atom. The highest BCUT2D eigenvalue weighted by Crippen LogP contribution is 2.23. The first-order chi connectivity index (χ1) is 7.53. The molecule has 1 aromatic carbocycles. The summed E-state index contributed by atoms with van der Waals surface area (Å²) in [5, 5.41) is 9.06. The van der Waals surface area contributed by atoms with Crippen LogP contribution in [0.15, 0.2) is 36.4 Å². The maximum Gasteiger partial charge on any atom is 0.0618 e. The summed E-state index contributed by atoms with van der Waals surface area (Å²) in [7, 11) is -1.00. The lowest BCUT2D eigenvalue weighted by molar-refractivity contribution is 0.343. The lowest BCUT2D eigenvalue weighted by Gasteiger charge is -2.17. The molecule has 0 fully saturated rings. The lowest BCUT2D eigenvalue weighted by Crippen LogP contribution is -2.18. The van der Waals surface area contributed by atoms with Gasteiger partial charge in [0.25, 0.3) is 0 Å². The first-order valence-electron chi connectivity index (χ1n) is 5.88. The van der Waals surface area contributed by atoms with Gasteiger partial charge in [-0.3, -0.25) is 0 Å². The molecule has 0 aliphatic heterocycles. The summed E-state index contributed by atoms with van der Waals surface area (Å²) in [6.07, 6.45) is 3.02. The predicted molar refractivity (Wildman–Crippen MR) is 74.3 cm³/mol. The van der Waals surface area contributed by atoms with Crippen LogP contribution in [0.4, 0.5) is 0 Å². The van der Waals surface area contributed by atoms with E-state index in [-0.39, 0.29) is 6.61 Å². The number of benzene rings is 1. The molecule has 0 heterocycles. The Kier molecular flexibility index (Phi) is 4.96. The van der Waals surface area contributed by atoms with E-state index in [1.807, 2.05) is 12.1 Å². The van der Waals surface area contributed by atoms with Crippen LogP contribution >= 0.6 is 0 Å². The molecule has 0 aromatic heterocycles. The highest BCUT2D eigenvalue weighted by atomic mass is 28.3. The summed E-state index contributed by atoms with van der Waals surface area (Å²) in [5.41, 5.74) is 2.53. The van der Waals surface area contributed by atoms with E-state index in [2.05, 4.69) is 43.9 Å². The SMILES string of the molecule is C[Si](C)(C)CCC(=CCO)c1ccccc1. The number of aliphatic hydroxyl groups is 1. The van der Waals surface area contributed by atoms with Crippen LogP contribution < -0.4 is 0 Å². The van der Waals surface area contributed by atoms with Gasteiger partial charge in [-0.1, -0.05) is 62.1 Å². The van der Waals surface area contributed by atoms with E-state index in [1.54, 1.807) is 0 Å². The van der Waals surface area contributed by atoms with Gasteiger partial charge in [-0.2, -0.15) is 0 Å². The lowest BCUT2D eigenvalue weighted by atomic mass is 10.0. The molecular weight excluding hydrogens is 212 g/mol. The maximum absolute atomic E-state index is 9.06. The molecule has 0 aliphatic rings. The Balaban J connectivity index is 2.74. The van der Waals surface area contributed by atoms with Crippen molar-refractivity contribution in [1.82, 2.24) is 0 Å². The van der Waals surface area contributed by atoms with Crippen LogP contribution in [0.3, 0.4) is 0 Å². The van der Waals surface area contributed by atoms with E-state index < -0.39 is 8.07 Å². The Morgan fingerprint density at radius 3 is 2.31 bits per heavy atom. The molecule has 0 aliphatic carbocycles. The van der Waals surface area contributed by atoms with Gasteiger partial charge in [0.05, 0.1) is 6.61 Å². The second-order valence-electron chi connectivity index (χ2n) is 5.34. The number of rotatable bonds is 5. The molecule has 1 nitrogen and oxygen atoms in total. The van der Waals surface area contributed by atoms with E-state index in [9.17, 15) is 0 Å². The van der Waals surface area contributed by atoms with Gasteiger partial charge in [0.15, 0.2) is 0 Å². The van der Waals surface area contributed by atoms with Crippen LogP contribution in [-0.4, -0.2) is 19.8 Å². The van der Waals surface area contributed by atoms with Crippen LogP contribution in [0.2, 0.25) is 25.7 Å². The summed E-state index contributed by atoms with van der Waals surface area (Å²) < 4.78 is 0. The molecule has 0 saturated carbocycles. The van der Waals surface area contributed by atoms with Crippen molar-refractivity contribution in [2.45, 2.75) is 32.1 Å². The average molecular weight is 234 g/mol. The fourth-order valence-corrected chi connectivity index (χ4v) is 2.66.